The zero-order valence-corrected chi connectivity index (χ0v) is 14.7. The van der Waals surface area contributed by atoms with Crippen LogP contribution in [0.4, 0.5) is 0 Å². The van der Waals surface area contributed by atoms with Gasteiger partial charge in [-0.05, 0) is 62.0 Å². The molecule has 2 aromatic heterocycles. The third kappa shape index (κ3) is 3.40. The molecule has 0 bridgehead atoms. The van der Waals surface area contributed by atoms with Crippen LogP contribution < -0.4 is 0 Å². The summed E-state index contributed by atoms with van der Waals surface area (Å²) in [6, 6.07) is 10.6. The Hall–Kier alpha value is -1.65. The van der Waals surface area contributed by atoms with E-state index in [1.165, 1.54) is 56.8 Å². The molecule has 24 heavy (non-hydrogen) atoms. The topological polar surface area (TPSA) is 24.3 Å². The fourth-order valence-corrected chi connectivity index (χ4v) is 4.55. The molecule has 0 unspecified atom stereocenters. The molecule has 2 fully saturated rings. The number of likely N-dealkylation sites (tertiary alicyclic amines) is 2. The Kier molecular flexibility index (Phi) is 4.42. The quantitative estimate of drug-likeness (QED) is 0.864. The summed E-state index contributed by atoms with van der Waals surface area (Å²) in [6.45, 7) is 7.02. The van der Waals surface area contributed by atoms with E-state index < -0.39 is 0 Å². The van der Waals surface area contributed by atoms with Crippen molar-refractivity contribution >= 4 is 0 Å². The zero-order valence-electron chi connectivity index (χ0n) is 14.7. The summed E-state index contributed by atoms with van der Waals surface area (Å²) in [4.78, 5) is 9.78. The number of hydrogen-bond acceptors (Lipinski definition) is 3. The minimum absolute atomic E-state index is 0.498. The molecule has 1 spiro atoms. The molecule has 4 heterocycles. The minimum atomic E-state index is 0.498. The normalized spacial score (nSPS) is 25.5. The minimum Gasteiger partial charge on any atom is -0.353 e. The Labute approximate surface area is 145 Å². The van der Waals surface area contributed by atoms with Crippen molar-refractivity contribution in [3.63, 3.8) is 0 Å². The van der Waals surface area contributed by atoms with Gasteiger partial charge in [-0.15, -0.1) is 0 Å². The van der Waals surface area contributed by atoms with Crippen LogP contribution in [0.5, 0.6) is 0 Å². The van der Waals surface area contributed by atoms with Gasteiger partial charge in [0.25, 0.3) is 0 Å². The van der Waals surface area contributed by atoms with Crippen LogP contribution in [0.1, 0.15) is 30.7 Å². The molecule has 0 aromatic carbocycles. The van der Waals surface area contributed by atoms with E-state index in [0.29, 0.717) is 5.41 Å². The van der Waals surface area contributed by atoms with Gasteiger partial charge in [0.05, 0.1) is 5.69 Å². The second kappa shape index (κ2) is 6.69. The standard InChI is InChI=1S/C20H28N4/c1-22-11-4-7-19(22)15-24-13-9-20(17-24)8-5-12-23(16-20)14-18-6-2-3-10-21-18/h2-4,6-7,10-11H,5,8-9,12-17H2,1H3/t20-/m1/s1. The molecule has 4 heteroatoms. The van der Waals surface area contributed by atoms with Gasteiger partial charge in [-0.2, -0.15) is 0 Å². The predicted molar refractivity (Wildman–Crippen MR) is 96.5 cm³/mol. The molecule has 128 valence electrons. The zero-order chi connectivity index (χ0) is 16.4. The van der Waals surface area contributed by atoms with Crippen LogP contribution in [-0.4, -0.2) is 45.5 Å². The van der Waals surface area contributed by atoms with Crippen molar-refractivity contribution in [3.8, 4) is 0 Å². The number of hydrogen-bond donors (Lipinski definition) is 0. The Morgan fingerprint density at radius 1 is 1.00 bits per heavy atom. The van der Waals surface area contributed by atoms with E-state index in [-0.39, 0.29) is 0 Å². The summed E-state index contributed by atoms with van der Waals surface area (Å²) in [7, 11) is 2.15. The summed E-state index contributed by atoms with van der Waals surface area (Å²) in [5.74, 6) is 0. The van der Waals surface area contributed by atoms with Gasteiger partial charge >= 0.3 is 0 Å². The SMILES string of the molecule is Cn1cccc1CN1CC[C@@]2(CCCN(Cc3ccccn3)C2)C1. The maximum Gasteiger partial charge on any atom is 0.0543 e. The largest absolute Gasteiger partial charge is 0.353 e. The summed E-state index contributed by atoms with van der Waals surface area (Å²) >= 11 is 0. The molecular weight excluding hydrogens is 296 g/mol. The molecule has 2 aromatic rings. The highest BCUT2D eigenvalue weighted by molar-refractivity contribution is 5.08. The van der Waals surface area contributed by atoms with Gasteiger partial charge in [0.1, 0.15) is 0 Å². The van der Waals surface area contributed by atoms with E-state index in [4.69, 9.17) is 0 Å². The number of rotatable bonds is 4. The average molecular weight is 324 g/mol. The molecule has 0 radical (unpaired) electrons. The lowest BCUT2D eigenvalue weighted by Crippen LogP contribution is -2.44. The smallest absolute Gasteiger partial charge is 0.0543 e. The van der Waals surface area contributed by atoms with Crippen LogP contribution in [0.15, 0.2) is 42.7 Å². The Morgan fingerprint density at radius 3 is 2.62 bits per heavy atom. The molecule has 0 aliphatic carbocycles. The first kappa shape index (κ1) is 15.9. The first-order valence-electron chi connectivity index (χ1n) is 9.17. The van der Waals surface area contributed by atoms with E-state index in [2.05, 4.69) is 56.9 Å². The highest BCUT2D eigenvalue weighted by Crippen LogP contribution is 2.39. The van der Waals surface area contributed by atoms with E-state index in [9.17, 15) is 0 Å². The van der Waals surface area contributed by atoms with Crippen LogP contribution in [0.2, 0.25) is 0 Å². The number of piperidine rings is 1. The molecule has 4 rings (SSSR count). The van der Waals surface area contributed by atoms with Gasteiger partial charge < -0.3 is 4.57 Å². The Morgan fingerprint density at radius 2 is 1.88 bits per heavy atom. The van der Waals surface area contributed by atoms with Gasteiger partial charge in [0.2, 0.25) is 0 Å². The van der Waals surface area contributed by atoms with Crippen LogP contribution in [-0.2, 0) is 20.1 Å². The maximum atomic E-state index is 4.51. The van der Waals surface area contributed by atoms with Crippen molar-refractivity contribution in [2.45, 2.75) is 32.4 Å². The number of aryl methyl sites for hydroxylation is 1. The highest BCUT2D eigenvalue weighted by Gasteiger charge is 2.41. The van der Waals surface area contributed by atoms with Gasteiger partial charge in [-0.25, -0.2) is 0 Å². The fourth-order valence-electron chi connectivity index (χ4n) is 4.55. The molecule has 2 aliphatic rings. The molecule has 1 atom stereocenters. The Bertz CT molecular complexity index is 665. The van der Waals surface area contributed by atoms with Gasteiger partial charge in [0.15, 0.2) is 0 Å². The van der Waals surface area contributed by atoms with E-state index in [1.807, 2.05) is 12.3 Å². The third-order valence-electron chi connectivity index (χ3n) is 5.81. The van der Waals surface area contributed by atoms with Crippen LogP contribution in [0.25, 0.3) is 0 Å². The third-order valence-corrected chi connectivity index (χ3v) is 5.81. The predicted octanol–water partition coefficient (Wildman–Crippen LogP) is 2.91. The monoisotopic (exact) mass is 324 g/mol. The molecule has 0 amide bonds. The van der Waals surface area contributed by atoms with Crippen molar-refractivity contribution in [2.24, 2.45) is 12.5 Å². The number of aromatic nitrogens is 2. The summed E-state index contributed by atoms with van der Waals surface area (Å²) in [6.07, 6.45) is 8.11. The van der Waals surface area contributed by atoms with E-state index in [1.54, 1.807) is 0 Å². The van der Waals surface area contributed by atoms with Crippen LogP contribution >= 0.6 is 0 Å². The molecular formula is C20H28N4. The summed E-state index contributed by atoms with van der Waals surface area (Å²) in [5.41, 5.74) is 3.12. The Balaban J connectivity index is 1.38. The van der Waals surface area contributed by atoms with Crippen molar-refractivity contribution in [3.05, 3.63) is 54.1 Å². The molecule has 4 nitrogen and oxygen atoms in total. The number of pyridine rings is 1. The van der Waals surface area contributed by atoms with E-state index in [0.717, 1.165) is 13.1 Å². The van der Waals surface area contributed by atoms with Crippen LogP contribution in [0, 0.1) is 5.41 Å². The lowest BCUT2D eigenvalue weighted by atomic mass is 9.79. The molecule has 0 N–H and O–H groups in total. The first-order valence-corrected chi connectivity index (χ1v) is 9.17. The molecule has 0 saturated carbocycles. The van der Waals surface area contributed by atoms with Gasteiger partial charge in [-0.3, -0.25) is 14.8 Å². The fraction of sp³-hybridized carbons (Fsp3) is 0.550. The van der Waals surface area contributed by atoms with Crippen LogP contribution in [0.3, 0.4) is 0 Å². The molecule has 2 aliphatic heterocycles. The lowest BCUT2D eigenvalue weighted by Gasteiger charge is -2.40. The van der Waals surface area contributed by atoms with Crippen molar-refractivity contribution in [1.29, 1.82) is 0 Å². The van der Waals surface area contributed by atoms with Gasteiger partial charge in [-0.1, -0.05) is 6.07 Å². The van der Waals surface area contributed by atoms with Crippen molar-refractivity contribution in [1.82, 2.24) is 19.4 Å². The maximum absolute atomic E-state index is 4.51. The first-order chi connectivity index (χ1) is 11.7. The average Bonchev–Trinajstić information content (AvgIpc) is 3.16. The second-order valence-corrected chi connectivity index (χ2v) is 7.71. The van der Waals surface area contributed by atoms with E-state index >= 15 is 0 Å². The van der Waals surface area contributed by atoms with Crippen molar-refractivity contribution < 1.29 is 0 Å². The highest BCUT2D eigenvalue weighted by atomic mass is 15.2. The summed E-state index contributed by atoms with van der Waals surface area (Å²) < 4.78 is 2.25. The van der Waals surface area contributed by atoms with Crippen molar-refractivity contribution in [2.75, 3.05) is 26.2 Å². The summed E-state index contributed by atoms with van der Waals surface area (Å²) in [5, 5.41) is 0. The second-order valence-electron chi connectivity index (χ2n) is 7.71. The van der Waals surface area contributed by atoms with Gasteiger partial charge in [0, 0.05) is 51.3 Å². The number of nitrogens with zero attached hydrogens (tertiary/aromatic N) is 4. The molecule has 2 saturated heterocycles. The lowest BCUT2D eigenvalue weighted by molar-refractivity contribution is 0.0855.